The number of thioether (sulfide) groups is 1. The zero-order valence-corrected chi connectivity index (χ0v) is 8.35. The molecule has 0 aromatic rings. The van der Waals surface area contributed by atoms with Gasteiger partial charge in [-0.15, -0.1) is 11.8 Å². The van der Waals surface area contributed by atoms with Crippen LogP contribution in [0.3, 0.4) is 0 Å². The number of carbonyl (C=O) groups is 2. The van der Waals surface area contributed by atoms with Gasteiger partial charge in [-0.25, -0.2) is 0 Å². The molecule has 3 nitrogen and oxygen atoms in total. The molecular formula is C8H13NO2S. The fraction of sp³-hybridized carbons (Fsp3) is 0.500. The summed E-state index contributed by atoms with van der Waals surface area (Å²) in [5.74, 6) is 0.642. The van der Waals surface area contributed by atoms with Crippen LogP contribution in [0.1, 0.15) is 6.92 Å². The van der Waals surface area contributed by atoms with E-state index in [9.17, 15) is 9.59 Å². The van der Waals surface area contributed by atoms with Crippen LogP contribution >= 0.6 is 11.8 Å². The lowest BCUT2D eigenvalue weighted by atomic mass is 10.4. The Hall–Kier alpha value is -0.770. The first-order chi connectivity index (χ1) is 5.61. The summed E-state index contributed by atoms with van der Waals surface area (Å²) in [4.78, 5) is 23.4. The lowest BCUT2D eigenvalue weighted by Crippen LogP contribution is -2.19. The SMILES string of the molecule is CCS/C(C=O)=C/C(=O)N(C)C. The van der Waals surface area contributed by atoms with Gasteiger partial charge in [0.1, 0.15) is 0 Å². The smallest absolute Gasteiger partial charge is 0.247 e. The molecule has 1 amide bonds. The van der Waals surface area contributed by atoms with Crippen LogP contribution in [0.25, 0.3) is 0 Å². The Morgan fingerprint density at radius 3 is 2.42 bits per heavy atom. The minimum Gasteiger partial charge on any atom is -0.345 e. The van der Waals surface area contributed by atoms with Gasteiger partial charge in [0.2, 0.25) is 5.91 Å². The number of allylic oxidation sites excluding steroid dienone is 1. The van der Waals surface area contributed by atoms with Gasteiger partial charge in [0.25, 0.3) is 0 Å². The lowest BCUT2D eigenvalue weighted by Gasteiger charge is -2.06. The van der Waals surface area contributed by atoms with E-state index in [1.807, 2.05) is 6.92 Å². The maximum absolute atomic E-state index is 11.1. The van der Waals surface area contributed by atoms with Crippen LogP contribution < -0.4 is 0 Å². The highest BCUT2D eigenvalue weighted by atomic mass is 32.2. The first-order valence-electron chi connectivity index (χ1n) is 3.62. The van der Waals surface area contributed by atoms with Gasteiger partial charge in [-0.05, 0) is 5.75 Å². The molecule has 0 saturated carbocycles. The Labute approximate surface area is 76.8 Å². The summed E-state index contributed by atoms with van der Waals surface area (Å²) in [6, 6.07) is 0. The second kappa shape index (κ2) is 5.83. The van der Waals surface area contributed by atoms with Gasteiger partial charge < -0.3 is 4.90 Å². The third kappa shape index (κ3) is 4.18. The number of amides is 1. The van der Waals surface area contributed by atoms with Gasteiger partial charge in [0.15, 0.2) is 6.29 Å². The minimum atomic E-state index is -0.155. The van der Waals surface area contributed by atoms with Gasteiger partial charge in [-0.1, -0.05) is 6.92 Å². The normalized spacial score (nSPS) is 11.1. The average Bonchev–Trinajstić information content (AvgIpc) is 2.03. The van der Waals surface area contributed by atoms with Crippen molar-refractivity contribution in [3.63, 3.8) is 0 Å². The molecule has 0 atom stereocenters. The number of aldehydes is 1. The quantitative estimate of drug-likeness (QED) is 0.485. The monoisotopic (exact) mass is 187 g/mol. The molecule has 4 heteroatoms. The van der Waals surface area contributed by atoms with E-state index < -0.39 is 0 Å². The number of carbonyl (C=O) groups excluding carboxylic acids is 2. The highest BCUT2D eigenvalue weighted by Gasteiger charge is 2.02. The van der Waals surface area contributed by atoms with E-state index in [1.54, 1.807) is 14.1 Å². The van der Waals surface area contributed by atoms with Gasteiger partial charge in [0, 0.05) is 20.2 Å². The van der Waals surface area contributed by atoms with Gasteiger partial charge in [-0.3, -0.25) is 9.59 Å². The largest absolute Gasteiger partial charge is 0.345 e. The Bertz CT molecular complexity index is 199. The van der Waals surface area contributed by atoms with Crippen LogP contribution in [0.2, 0.25) is 0 Å². The number of likely N-dealkylation sites (N-methyl/N-ethyl adjacent to an activating group) is 1. The van der Waals surface area contributed by atoms with E-state index in [0.29, 0.717) is 11.2 Å². The summed E-state index contributed by atoms with van der Waals surface area (Å²) in [6.45, 7) is 1.93. The Balaban J connectivity index is 4.27. The van der Waals surface area contributed by atoms with E-state index in [4.69, 9.17) is 0 Å². The maximum atomic E-state index is 11.1. The second-order valence-corrected chi connectivity index (χ2v) is 3.67. The second-order valence-electron chi connectivity index (χ2n) is 2.33. The summed E-state index contributed by atoms with van der Waals surface area (Å²) in [5, 5.41) is 0. The van der Waals surface area contributed by atoms with Crippen molar-refractivity contribution in [3.05, 3.63) is 11.0 Å². The molecule has 0 unspecified atom stereocenters. The number of rotatable bonds is 4. The van der Waals surface area contributed by atoms with Crippen LogP contribution in [-0.2, 0) is 9.59 Å². The van der Waals surface area contributed by atoms with Gasteiger partial charge in [0.05, 0.1) is 4.91 Å². The van der Waals surface area contributed by atoms with Crippen LogP contribution in [0, 0.1) is 0 Å². The molecule has 12 heavy (non-hydrogen) atoms. The highest BCUT2D eigenvalue weighted by Crippen LogP contribution is 2.11. The zero-order valence-electron chi connectivity index (χ0n) is 7.53. The first kappa shape index (κ1) is 11.2. The molecule has 0 saturated heterocycles. The molecular weight excluding hydrogens is 174 g/mol. The van der Waals surface area contributed by atoms with Crippen LogP contribution in [0.4, 0.5) is 0 Å². The van der Waals surface area contributed by atoms with Crippen LogP contribution in [-0.4, -0.2) is 36.9 Å². The van der Waals surface area contributed by atoms with Crippen molar-refractivity contribution in [2.75, 3.05) is 19.8 Å². The molecule has 0 fully saturated rings. The number of nitrogens with zero attached hydrogens (tertiary/aromatic N) is 1. The van der Waals surface area contributed by atoms with Crippen molar-refractivity contribution in [3.8, 4) is 0 Å². The van der Waals surface area contributed by atoms with Crippen molar-refractivity contribution >= 4 is 24.0 Å². The van der Waals surface area contributed by atoms with Crippen molar-refractivity contribution < 1.29 is 9.59 Å². The molecule has 0 bridgehead atoms. The van der Waals surface area contributed by atoms with E-state index in [-0.39, 0.29) is 5.91 Å². The molecule has 0 aromatic heterocycles. The van der Waals surface area contributed by atoms with Gasteiger partial charge in [-0.2, -0.15) is 0 Å². The Kier molecular flexibility index (Phi) is 5.45. The predicted octanol–water partition coefficient (Wildman–Crippen LogP) is 0.910. The van der Waals surface area contributed by atoms with Crippen molar-refractivity contribution in [1.29, 1.82) is 0 Å². The summed E-state index contributed by atoms with van der Waals surface area (Å²) < 4.78 is 0. The summed E-state index contributed by atoms with van der Waals surface area (Å²) in [5.41, 5.74) is 0. The van der Waals surface area contributed by atoms with Crippen molar-refractivity contribution in [2.24, 2.45) is 0 Å². The summed E-state index contributed by atoms with van der Waals surface area (Å²) >= 11 is 1.37. The van der Waals surface area contributed by atoms with Crippen LogP contribution in [0.15, 0.2) is 11.0 Å². The lowest BCUT2D eigenvalue weighted by molar-refractivity contribution is -0.123. The molecule has 0 spiro atoms. The van der Waals surface area contributed by atoms with Crippen LogP contribution in [0.5, 0.6) is 0 Å². The molecule has 0 N–H and O–H groups in total. The number of hydrogen-bond donors (Lipinski definition) is 0. The van der Waals surface area contributed by atoms with Crippen molar-refractivity contribution in [2.45, 2.75) is 6.92 Å². The van der Waals surface area contributed by atoms with E-state index in [2.05, 4.69) is 0 Å². The van der Waals surface area contributed by atoms with E-state index in [0.717, 1.165) is 5.75 Å². The average molecular weight is 187 g/mol. The third-order valence-electron chi connectivity index (χ3n) is 1.13. The summed E-state index contributed by atoms with van der Waals surface area (Å²) in [7, 11) is 3.30. The molecule has 0 radical (unpaired) electrons. The topological polar surface area (TPSA) is 37.4 Å². The predicted molar refractivity (Wildman–Crippen MR) is 51.0 cm³/mol. The maximum Gasteiger partial charge on any atom is 0.247 e. The zero-order chi connectivity index (χ0) is 9.56. The molecule has 0 heterocycles. The Morgan fingerprint density at radius 1 is 1.50 bits per heavy atom. The molecule has 0 aliphatic rings. The standard InChI is InChI=1S/C8H13NO2S/c1-4-12-7(6-10)5-8(11)9(2)3/h5-6H,4H2,1-3H3/b7-5+. The molecule has 0 aromatic carbocycles. The fourth-order valence-electron chi connectivity index (χ4n) is 0.527. The molecule has 0 aliphatic heterocycles. The molecule has 0 rings (SSSR count). The molecule has 68 valence electrons. The fourth-order valence-corrected chi connectivity index (χ4v) is 1.11. The third-order valence-corrected chi connectivity index (χ3v) is 1.97. The van der Waals surface area contributed by atoms with E-state index in [1.165, 1.54) is 22.7 Å². The van der Waals surface area contributed by atoms with E-state index >= 15 is 0 Å². The summed E-state index contributed by atoms with van der Waals surface area (Å²) in [6.07, 6.45) is 2.05. The molecule has 0 aliphatic carbocycles. The highest BCUT2D eigenvalue weighted by molar-refractivity contribution is 8.03. The first-order valence-corrected chi connectivity index (χ1v) is 4.61. The number of hydrogen-bond acceptors (Lipinski definition) is 3. The van der Waals surface area contributed by atoms with Crippen molar-refractivity contribution in [1.82, 2.24) is 4.90 Å². The van der Waals surface area contributed by atoms with Gasteiger partial charge >= 0.3 is 0 Å². The Morgan fingerprint density at radius 2 is 2.08 bits per heavy atom. The minimum absolute atomic E-state index is 0.155.